The van der Waals surface area contributed by atoms with Crippen LogP contribution in [0, 0.1) is 0 Å². The lowest BCUT2D eigenvalue weighted by Gasteiger charge is -2.20. The minimum absolute atomic E-state index is 0.0167. The number of nitrogens with zero attached hydrogens (tertiary/aromatic N) is 1. The first-order chi connectivity index (χ1) is 9.02. The number of aliphatic hydroxyl groups excluding tert-OH is 1. The highest BCUT2D eigenvalue weighted by Gasteiger charge is 2.11. The number of nitrogens with one attached hydrogen (secondary N) is 1. The van der Waals surface area contributed by atoms with Crippen LogP contribution in [0.2, 0.25) is 0 Å². The number of carbonyl (C=O) groups excluding carboxylic acids is 1. The van der Waals surface area contributed by atoms with Crippen LogP contribution in [0.4, 0.5) is 4.79 Å². The molecule has 1 unspecified atom stereocenters. The standard InChI is InChI=1S/C14H21BrN2O2/c1-11(16-14(19)17(2)9-10-18)3-4-12-5-7-13(15)8-6-12/h5-8,11,18H,3-4,9-10H2,1-2H3,(H,16,19). The molecule has 4 nitrogen and oxygen atoms in total. The van der Waals surface area contributed by atoms with Gasteiger partial charge in [-0.3, -0.25) is 0 Å². The second-order valence-corrected chi connectivity index (χ2v) is 5.58. The summed E-state index contributed by atoms with van der Waals surface area (Å²) in [6, 6.07) is 8.17. The van der Waals surface area contributed by atoms with Crippen molar-refractivity contribution in [3.8, 4) is 0 Å². The van der Waals surface area contributed by atoms with Crippen molar-refractivity contribution in [1.82, 2.24) is 10.2 Å². The molecule has 1 atom stereocenters. The molecule has 0 aliphatic rings. The van der Waals surface area contributed by atoms with E-state index in [2.05, 4.69) is 33.4 Å². The number of hydrogen-bond donors (Lipinski definition) is 2. The minimum Gasteiger partial charge on any atom is -0.395 e. The molecular weight excluding hydrogens is 308 g/mol. The number of amides is 2. The van der Waals surface area contributed by atoms with Crippen LogP contribution in [-0.2, 0) is 6.42 Å². The maximum absolute atomic E-state index is 11.7. The normalized spacial score (nSPS) is 12.0. The highest BCUT2D eigenvalue weighted by molar-refractivity contribution is 9.10. The van der Waals surface area contributed by atoms with E-state index in [0.717, 1.165) is 17.3 Å². The summed E-state index contributed by atoms with van der Waals surface area (Å²) in [7, 11) is 1.67. The quantitative estimate of drug-likeness (QED) is 0.842. The molecule has 2 amide bonds. The van der Waals surface area contributed by atoms with Gasteiger partial charge in [0.2, 0.25) is 0 Å². The third kappa shape index (κ3) is 6.07. The van der Waals surface area contributed by atoms with Crippen molar-refractivity contribution in [1.29, 1.82) is 0 Å². The summed E-state index contributed by atoms with van der Waals surface area (Å²) in [5.74, 6) is 0. The largest absolute Gasteiger partial charge is 0.395 e. The first-order valence-corrected chi connectivity index (χ1v) is 7.19. The van der Waals surface area contributed by atoms with Gasteiger partial charge in [0.25, 0.3) is 0 Å². The Kier molecular flexibility index (Phi) is 6.87. The summed E-state index contributed by atoms with van der Waals surface area (Å²) in [6.07, 6.45) is 1.82. The number of urea groups is 1. The van der Waals surface area contributed by atoms with Crippen molar-refractivity contribution in [2.45, 2.75) is 25.8 Å². The zero-order valence-corrected chi connectivity index (χ0v) is 13.0. The topological polar surface area (TPSA) is 52.6 Å². The highest BCUT2D eigenvalue weighted by atomic mass is 79.9. The number of benzene rings is 1. The Balaban J connectivity index is 2.33. The van der Waals surface area contributed by atoms with Gasteiger partial charge in [0.05, 0.1) is 6.61 Å². The molecule has 0 heterocycles. The van der Waals surface area contributed by atoms with Crippen molar-refractivity contribution in [3.05, 3.63) is 34.3 Å². The van der Waals surface area contributed by atoms with Crippen molar-refractivity contribution in [2.75, 3.05) is 20.2 Å². The lowest BCUT2D eigenvalue weighted by Crippen LogP contribution is -2.43. The number of aliphatic hydroxyl groups is 1. The molecule has 0 saturated carbocycles. The summed E-state index contributed by atoms with van der Waals surface area (Å²) >= 11 is 3.41. The van der Waals surface area contributed by atoms with Gasteiger partial charge in [-0.25, -0.2) is 4.79 Å². The molecule has 5 heteroatoms. The zero-order valence-electron chi connectivity index (χ0n) is 11.4. The molecule has 0 spiro atoms. The van der Waals surface area contributed by atoms with E-state index in [9.17, 15) is 4.79 Å². The van der Waals surface area contributed by atoms with Gasteiger partial charge in [0, 0.05) is 24.1 Å². The minimum atomic E-state index is -0.141. The Morgan fingerprint density at radius 1 is 1.42 bits per heavy atom. The van der Waals surface area contributed by atoms with Crippen LogP contribution < -0.4 is 5.32 Å². The summed E-state index contributed by atoms with van der Waals surface area (Å²) in [5.41, 5.74) is 1.26. The predicted octanol–water partition coefficient (Wildman–Crippen LogP) is 2.40. The molecular formula is C14H21BrN2O2. The Morgan fingerprint density at radius 2 is 2.05 bits per heavy atom. The van der Waals surface area contributed by atoms with Crippen LogP contribution in [0.3, 0.4) is 0 Å². The molecule has 1 aromatic carbocycles. The van der Waals surface area contributed by atoms with E-state index in [1.54, 1.807) is 7.05 Å². The SMILES string of the molecule is CC(CCc1ccc(Br)cc1)NC(=O)N(C)CCO. The third-order valence-corrected chi connectivity index (χ3v) is 3.46. The molecule has 19 heavy (non-hydrogen) atoms. The number of rotatable bonds is 6. The van der Waals surface area contributed by atoms with Gasteiger partial charge < -0.3 is 15.3 Å². The van der Waals surface area contributed by atoms with E-state index in [0.29, 0.717) is 6.54 Å². The molecule has 0 fully saturated rings. The van der Waals surface area contributed by atoms with Gasteiger partial charge >= 0.3 is 6.03 Å². The predicted molar refractivity (Wildman–Crippen MR) is 80.2 cm³/mol. The Hall–Kier alpha value is -1.07. The molecule has 106 valence electrons. The molecule has 1 aromatic rings. The number of halogens is 1. The molecule has 1 rings (SSSR count). The maximum atomic E-state index is 11.7. The van der Waals surface area contributed by atoms with Crippen LogP contribution in [0.25, 0.3) is 0 Å². The van der Waals surface area contributed by atoms with Gasteiger partial charge in [0.15, 0.2) is 0 Å². The molecule has 0 aliphatic heterocycles. The monoisotopic (exact) mass is 328 g/mol. The fourth-order valence-corrected chi connectivity index (χ4v) is 1.94. The average Bonchev–Trinajstić information content (AvgIpc) is 2.38. The van der Waals surface area contributed by atoms with Crippen LogP contribution >= 0.6 is 15.9 Å². The van der Waals surface area contributed by atoms with E-state index in [1.165, 1.54) is 10.5 Å². The van der Waals surface area contributed by atoms with Crippen LogP contribution in [0.1, 0.15) is 18.9 Å². The van der Waals surface area contributed by atoms with E-state index < -0.39 is 0 Å². The highest BCUT2D eigenvalue weighted by Crippen LogP contribution is 2.12. The first kappa shape index (κ1) is 16.0. The smallest absolute Gasteiger partial charge is 0.317 e. The van der Waals surface area contributed by atoms with Gasteiger partial charge in [-0.1, -0.05) is 28.1 Å². The Morgan fingerprint density at radius 3 is 2.63 bits per heavy atom. The average molecular weight is 329 g/mol. The maximum Gasteiger partial charge on any atom is 0.317 e. The summed E-state index contributed by atoms with van der Waals surface area (Å²) < 4.78 is 1.07. The second-order valence-electron chi connectivity index (χ2n) is 4.66. The van der Waals surface area contributed by atoms with Crippen LogP contribution in [-0.4, -0.2) is 42.3 Å². The molecule has 0 bridgehead atoms. The number of likely N-dealkylation sites (N-methyl/N-ethyl adjacent to an activating group) is 1. The molecule has 0 aromatic heterocycles. The van der Waals surface area contributed by atoms with E-state index in [1.807, 2.05) is 19.1 Å². The van der Waals surface area contributed by atoms with Crippen molar-refractivity contribution >= 4 is 22.0 Å². The fraction of sp³-hybridized carbons (Fsp3) is 0.500. The van der Waals surface area contributed by atoms with E-state index in [-0.39, 0.29) is 18.7 Å². The van der Waals surface area contributed by atoms with Gasteiger partial charge in [-0.05, 0) is 37.5 Å². The molecule has 2 N–H and O–H groups in total. The van der Waals surface area contributed by atoms with Gasteiger partial charge in [-0.2, -0.15) is 0 Å². The first-order valence-electron chi connectivity index (χ1n) is 6.40. The van der Waals surface area contributed by atoms with Gasteiger partial charge in [0.1, 0.15) is 0 Å². The van der Waals surface area contributed by atoms with Crippen molar-refractivity contribution in [3.63, 3.8) is 0 Å². The molecule has 0 saturated heterocycles. The third-order valence-electron chi connectivity index (χ3n) is 2.93. The van der Waals surface area contributed by atoms with Crippen molar-refractivity contribution in [2.24, 2.45) is 0 Å². The van der Waals surface area contributed by atoms with Crippen LogP contribution in [0.15, 0.2) is 28.7 Å². The fourth-order valence-electron chi connectivity index (χ4n) is 1.68. The summed E-state index contributed by atoms with van der Waals surface area (Å²) in [5, 5.41) is 11.7. The van der Waals surface area contributed by atoms with Gasteiger partial charge in [-0.15, -0.1) is 0 Å². The number of hydrogen-bond acceptors (Lipinski definition) is 2. The summed E-state index contributed by atoms with van der Waals surface area (Å²) in [4.78, 5) is 13.2. The van der Waals surface area contributed by atoms with E-state index in [4.69, 9.17) is 5.11 Å². The second kappa shape index (κ2) is 8.17. The number of aryl methyl sites for hydroxylation is 1. The lowest BCUT2D eigenvalue weighted by atomic mass is 10.1. The molecule has 0 aliphatic carbocycles. The van der Waals surface area contributed by atoms with Crippen molar-refractivity contribution < 1.29 is 9.90 Å². The zero-order chi connectivity index (χ0) is 14.3. The van der Waals surface area contributed by atoms with E-state index >= 15 is 0 Å². The van der Waals surface area contributed by atoms with Crippen LogP contribution in [0.5, 0.6) is 0 Å². The lowest BCUT2D eigenvalue weighted by molar-refractivity contribution is 0.187. The Labute approximate surface area is 122 Å². The molecule has 0 radical (unpaired) electrons. The number of carbonyl (C=O) groups is 1. The Bertz CT molecular complexity index is 395. The summed E-state index contributed by atoms with van der Waals surface area (Å²) in [6.45, 7) is 2.33.